The summed E-state index contributed by atoms with van der Waals surface area (Å²) in [6.45, 7) is 0.586. The highest BCUT2D eigenvalue weighted by molar-refractivity contribution is 9.10. The van der Waals surface area contributed by atoms with Crippen molar-refractivity contribution in [3.8, 4) is 0 Å². The van der Waals surface area contributed by atoms with E-state index in [2.05, 4.69) is 26.3 Å². The Kier molecular flexibility index (Phi) is 4.15. The molecule has 1 aromatic heterocycles. The number of halogens is 1. The highest BCUT2D eigenvalue weighted by Crippen LogP contribution is 2.11. The molecular weight excluding hydrogens is 294 g/mol. The Bertz CT molecular complexity index is 551. The summed E-state index contributed by atoms with van der Waals surface area (Å²) in [5.41, 5.74) is 1.64. The van der Waals surface area contributed by atoms with Crippen molar-refractivity contribution < 1.29 is 4.79 Å². The second kappa shape index (κ2) is 5.82. The number of nitrogens with one attached hydrogen (secondary N) is 1. The molecule has 0 radical (unpaired) electrons. The Morgan fingerprint density at radius 2 is 2.28 bits per heavy atom. The van der Waals surface area contributed by atoms with Gasteiger partial charge in [0.25, 0.3) is 5.91 Å². The van der Waals surface area contributed by atoms with Gasteiger partial charge in [0.1, 0.15) is 0 Å². The van der Waals surface area contributed by atoms with Crippen LogP contribution in [0, 0.1) is 0 Å². The number of aromatic nitrogens is 2. The van der Waals surface area contributed by atoms with Crippen LogP contribution in [0.5, 0.6) is 0 Å². The van der Waals surface area contributed by atoms with Crippen molar-refractivity contribution in [2.75, 3.05) is 6.54 Å². The lowest BCUT2D eigenvalue weighted by Gasteiger charge is -2.04. The Labute approximate surface area is 114 Å². The molecule has 0 aliphatic carbocycles. The molecule has 0 saturated carbocycles. The van der Waals surface area contributed by atoms with Gasteiger partial charge in [0.2, 0.25) is 0 Å². The number of hydrogen-bond donors (Lipinski definition) is 1. The van der Waals surface area contributed by atoms with E-state index in [4.69, 9.17) is 0 Å². The standard InChI is InChI=1S/C13H14BrN3O/c1-17-8-6-12(16-17)5-7-15-13(18)10-3-2-4-11(14)9-10/h2-4,6,8-9H,5,7H2,1H3,(H,15,18). The maximum atomic E-state index is 11.8. The quantitative estimate of drug-likeness (QED) is 0.941. The van der Waals surface area contributed by atoms with Gasteiger partial charge in [0.05, 0.1) is 5.69 Å². The largest absolute Gasteiger partial charge is 0.352 e. The Balaban J connectivity index is 1.85. The summed E-state index contributed by atoms with van der Waals surface area (Å²) in [6.07, 6.45) is 2.63. The van der Waals surface area contributed by atoms with Gasteiger partial charge in [-0.25, -0.2) is 0 Å². The number of aryl methyl sites for hydroxylation is 1. The molecule has 0 unspecified atom stereocenters. The van der Waals surface area contributed by atoms with Crippen LogP contribution in [0.1, 0.15) is 16.1 Å². The van der Waals surface area contributed by atoms with Gasteiger partial charge in [-0.3, -0.25) is 9.48 Å². The van der Waals surface area contributed by atoms with Crippen molar-refractivity contribution in [1.29, 1.82) is 0 Å². The monoisotopic (exact) mass is 307 g/mol. The van der Waals surface area contributed by atoms with E-state index in [1.54, 1.807) is 16.8 Å². The van der Waals surface area contributed by atoms with Crippen molar-refractivity contribution in [1.82, 2.24) is 15.1 Å². The lowest BCUT2D eigenvalue weighted by Crippen LogP contribution is -2.25. The molecule has 0 bridgehead atoms. The normalized spacial score (nSPS) is 10.3. The number of hydrogen-bond acceptors (Lipinski definition) is 2. The molecule has 2 rings (SSSR count). The summed E-state index contributed by atoms with van der Waals surface area (Å²) in [6, 6.07) is 9.28. The van der Waals surface area contributed by atoms with Gasteiger partial charge in [-0.1, -0.05) is 22.0 Å². The van der Waals surface area contributed by atoms with E-state index < -0.39 is 0 Å². The van der Waals surface area contributed by atoms with Gasteiger partial charge in [0.15, 0.2) is 0 Å². The predicted octanol–water partition coefficient (Wildman–Crippen LogP) is 2.16. The van der Waals surface area contributed by atoms with Crippen molar-refractivity contribution in [3.63, 3.8) is 0 Å². The van der Waals surface area contributed by atoms with E-state index >= 15 is 0 Å². The van der Waals surface area contributed by atoms with Crippen molar-refractivity contribution in [3.05, 3.63) is 52.3 Å². The van der Waals surface area contributed by atoms with Gasteiger partial charge in [-0.15, -0.1) is 0 Å². The number of nitrogens with zero attached hydrogens (tertiary/aromatic N) is 2. The first kappa shape index (κ1) is 12.8. The van der Waals surface area contributed by atoms with E-state index in [-0.39, 0.29) is 5.91 Å². The number of rotatable bonds is 4. The molecule has 0 saturated heterocycles. The fourth-order valence-corrected chi connectivity index (χ4v) is 2.03. The third kappa shape index (κ3) is 3.43. The molecule has 18 heavy (non-hydrogen) atoms. The van der Waals surface area contributed by atoms with Crippen molar-refractivity contribution >= 4 is 21.8 Å². The summed E-state index contributed by atoms with van der Waals surface area (Å²) in [4.78, 5) is 11.8. The summed E-state index contributed by atoms with van der Waals surface area (Å²) in [7, 11) is 1.88. The zero-order valence-electron chi connectivity index (χ0n) is 10.1. The van der Waals surface area contributed by atoms with E-state index in [0.717, 1.165) is 16.6 Å². The molecular formula is C13H14BrN3O. The molecule has 94 valence electrons. The highest BCUT2D eigenvalue weighted by Gasteiger charge is 2.05. The first-order chi connectivity index (χ1) is 8.65. The van der Waals surface area contributed by atoms with Gasteiger partial charge in [-0.05, 0) is 24.3 Å². The Morgan fingerprint density at radius 3 is 2.94 bits per heavy atom. The third-order valence-corrected chi connectivity index (χ3v) is 3.02. The minimum Gasteiger partial charge on any atom is -0.352 e. The molecule has 1 N–H and O–H groups in total. The van der Waals surface area contributed by atoms with Crippen molar-refractivity contribution in [2.45, 2.75) is 6.42 Å². The Morgan fingerprint density at radius 1 is 1.44 bits per heavy atom. The van der Waals surface area contributed by atoms with Gasteiger partial charge >= 0.3 is 0 Å². The number of benzene rings is 1. The molecule has 1 heterocycles. The molecule has 0 fully saturated rings. The van der Waals surface area contributed by atoms with Crippen molar-refractivity contribution in [2.24, 2.45) is 7.05 Å². The summed E-state index contributed by atoms with van der Waals surface area (Å²) in [5.74, 6) is -0.0627. The van der Waals surface area contributed by atoms with Crippen LogP contribution in [0.15, 0.2) is 41.0 Å². The van der Waals surface area contributed by atoms with Gasteiger partial charge in [-0.2, -0.15) is 5.10 Å². The molecule has 0 aliphatic heterocycles. The lowest BCUT2D eigenvalue weighted by molar-refractivity contribution is 0.0954. The van der Waals surface area contributed by atoms with Crippen LogP contribution in [-0.2, 0) is 13.5 Å². The van der Waals surface area contributed by atoms with Crippen LogP contribution in [-0.4, -0.2) is 22.2 Å². The SMILES string of the molecule is Cn1ccc(CCNC(=O)c2cccc(Br)c2)n1. The minimum atomic E-state index is -0.0627. The van der Waals surface area contributed by atoms with Gasteiger partial charge < -0.3 is 5.32 Å². The molecule has 0 spiro atoms. The van der Waals surface area contributed by atoms with Crippen LogP contribution >= 0.6 is 15.9 Å². The topological polar surface area (TPSA) is 46.9 Å². The van der Waals surface area contributed by atoms with E-state index in [9.17, 15) is 4.79 Å². The summed E-state index contributed by atoms with van der Waals surface area (Å²) < 4.78 is 2.66. The fourth-order valence-electron chi connectivity index (χ4n) is 1.63. The number of carbonyl (C=O) groups excluding carboxylic acids is 1. The van der Waals surface area contributed by atoms with E-state index in [0.29, 0.717) is 12.1 Å². The average Bonchev–Trinajstić information content (AvgIpc) is 2.75. The molecule has 4 nitrogen and oxygen atoms in total. The maximum Gasteiger partial charge on any atom is 0.251 e. The van der Waals surface area contributed by atoms with E-state index in [1.165, 1.54) is 0 Å². The first-order valence-electron chi connectivity index (χ1n) is 5.67. The zero-order valence-corrected chi connectivity index (χ0v) is 11.6. The predicted molar refractivity (Wildman–Crippen MR) is 73.4 cm³/mol. The minimum absolute atomic E-state index is 0.0627. The number of carbonyl (C=O) groups is 1. The average molecular weight is 308 g/mol. The molecule has 0 atom stereocenters. The molecule has 5 heteroatoms. The highest BCUT2D eigenvalue weighted by atomic mass is 79.9. The molecule has 1 aromatic carbocycles. The second-order valence-electron chi connectivity index (χ2n) is 4.00. The Hall–Kier alpha value is -1.62. The first-order valence-corrected chi connectivity index (χ1v) is 6.47. The number of amides is 1. The molecule has 0 aliphatic rings. The van der Waals surface area contributed by atoms with Crippen LogP contribution in [0.4, 0.5) is 0 Å². The fraction of sp³-hybridized carbons (Fsp3) is 0.231. The van der Waals surface area contributed by atoms with Gasteiger partial charge in [0, 0.05) is 36.2 Å². The molecule has 1 amide bonds. The zero-order chi connectivity index (χ0) is 13.0. The van der Waals surface area contributed by atoms with E-state index in [1.807, 2.05) is 31.4 Å². The smallest absolute Gasteiger partial charge is 0.251 e. The third-order valence-electron chi connectivity index (χ3n) is 2.52. The van der Waals surface area contributed by atoms with Crippen LogP contribution < -0.4 is 5.32 Å². The second-order valence-corrected chi connectivity index (χ2v) is 4.91. The lowest BCUT2D eigenvalue weighted by atomic mass is 10.2. The van der Waals surface area contributed by atoms with Crippen LogP contribution in [0.25, 0.3) is 0 Å². The molecule has 2 aromatic rings. The van der Waals surface area contributed by atoms with Crippen LogP contribution in [0.3, 0.4) is 0 Å². The summed E-state index contributed by atoms with van der Waals surface area (Å²) >= 11 is 3.35. The summed E-state index contributed by atoms with van der Waals surface area (Å²) in [5, 5.41) is 7.13. The van der Waals surface area contributed by atoms with Crippen LogP contribution in [0.2, 0.25) is 0 Å². The maximum absolute atomic E-state index is 11.8.